The molecule has 0 aliphatic rings. The van der Waals surface area contributed by atoms with Crippen molar-refractivity contribution < 1.29 is 9.47 Å². The normalized spacial score (nSPS) is 10.8. The first-order valence-electron chi connectivity index (χ1n) is 5.80. The van der Waals surface area contributed by atoms with E-state index in [2.05, 4.69) is 15.3 Å². The average molecular weight is 239 g/mol. The van der Waals surface area contributed by atoms with Crippen LogP contribution in [0, 0.1) is 6.92 Å². The summed E-state index contributed by atoms with van der Waals surface area (Å²) in [4.78, 5) is 8.76. The van der Waals surface area contributed by atoms with Gasteiger partial charge in [0, 0.05) is 37.5 Å². The van der Waals surface area contributed by atoms with E-state index in [-0.39, 0.29) is 0 Å². The van der Waals surface area contributed by atoms with E-state index in [1.165, 1.54) is 0 Å². The Bertz CT molecular complexity index is 332. The molecule has 0 saturated heterocycles. The lowest BCUT2D eigenvalue weighted by Gasteiger charge is -2.07. The quantitative estimate of drug-likeness (QED) is 0.677. The van der Waals surface area contributed by atoms with Gasteiger partial charge in [-0.1, -0.05) is 0 Å². The van der Waals surface area contributed by atoms with E-state index in [0.29, 0.717) is 19.8 Å². The highest BCUT2D eigenvalue weighted by molar-refractivity contribution is 5.15. The Kier molecular flexibility index (Phi) is 6.69. The van der Waals surface area contributed by atoms with Gasteiger partial charge >= 0.3 is 0 Å². The number of hydrogen-bond donors (Lipinski definition) is 1. The molecule has 5 heteroatoms. The van der Waals surface area contributed by atoms with Gasteiger partial charge in [0.05, 0.1) is 19.8 Å². The summed E-state index contributed by atoms with van der Waals surface area (Å²) in [6.45, 7) is 4.68. The van der Waals surface area contributed by atoms with Gasteiger partial charge in [-0.2, -0.15) is 0 Å². The zero-order chi connectivity index (χ0) is 12.5. The van der Waals surface area contributed by atoms with Crippen molar-refractivity contribution in [3.63, 3.8) is 0 Å². The summed E-state index contributed by atoms with van der Waals surface area (Å²) in [5.41, 5.74) is 2.16. The number of methoxy groups -OCH3 is 1. The van der Waals surface area contributed by atoms with Gasteiger partial charge in [-0.15, -0.1) is 0 Å². The summed E-state index contributed by atoms with van der Waals surface area (Å²) in [6.07, 6.45) is 2.62. The minimum Gasteiger partial charge on any atom is -0.382 e. The maximum atomic E-state index is 5.38. The summed E-state index contributed by atoms with van der Waals surface area (Å²) in [6, 6.07) is 0. The van der Waals surface area contributed by atoms with Crippen molar-refractivity contribution in [1.82, 2.24) is 15.3 Å². The zero-order valence-electron chi connectivity index (χ0n) is 10.8. The fraction of sp³-hybridized carbons (Fsp3) is 0.667. The fourth-order valence-electron chi connectivity index (χ4n) is 1.43. The third-order valence-electron chi connectivity index (χ3n) is 2.40. The highest BCUT2D eigenvalue weighted by atomic mass is 16.5. The SMILES string of the molecule is CNCc1cnc(CCOCCOC)nc1C. The summed E-state index contributed by atoms with van der Waals surface area (Å²) < 4.78 is 10.3. The molecule has 0 aliphatic heterocycles. The van der Waals surface area contributed by atoms with E-state index in [0.717, 1.165) is 30.0 Å². The Morgan fingerprint density at radius 2 is 2.12 bits per heavy atom. The van der Waals surface area contributed by atoms with Crippen molar-refractivity contribution in [3.05, 3.63) is 23.3 Å². The molecule has 1 aromatic rings. The molecule has 0 aliphatic carbocycles. The van der Waals surface area contributed by atoms with Crippen LogP contribution in [0.3, 0.4) is 0 Å². The first-order valence-corrected chi connectivity index (χ1v) is 5.80. The lowest BCUT2D eigenvalue weighted by atomic mass is 10.2. The van der Waals surface area contributed by atoms with E-state index in [9.17, 15) is 0 Å². The maximum Gasteiger partial charge on any atom is 0.130 e. The molecule has 1 N–H and O–H groups in total. The van der Waals surface area contributed by atoms with Gasteiger partial charge in [-0.3, -0.25) is 0 Å². The molecule has 0 radical (unpaired) electrons. The number of aromatic nitrogens is 2. The second-order valence-electron chi connectivity index (χ2n) is 3.78. The largest absolute Gasteiger partial charge is 0.382 e. The first-order chi connectivity index (χ1) is 8.27. The van der Waals surface area contributed by atoms with E-state index >= 15 is 0 Å². The van der Waals surface area contributed by atoms with Crippen LogP contribution in [0.15, 0.2) is 6.20 Å². The molecule has 0 spiro atoms. The summed E-state index contributed by atoms with van der Waals surface area (Å²) in [7, 11) is 3.58. The smallest absolute Gasteiger partial charge is 0.130 e. The minimum atomic E-state index is 0.618. The third kappa shape index (κ3) is 5.21. The number of aryl methyl sites for hydroxylation is 1. The Balaban J connectivity index is 2.36. The van der Waals surface area contributed by atoms with E-state index < -0.39 is 0 Å². The van der Waals surface area contributed by atoms with Crippen LogP contribution >= 0.6 is 0 Å². The molecule has 0 unspecified atom stereocenters. The molecule has 1 aromatic heterocycles. The first kappa shape index (κ1) is 14.0. The molecule has 0 aromatic carbocycles. The van der Waals surface area contributed by atoms with Crippen LogP contribution in [-0.2, 0) is 22.4 Å². The van der Waals surface area contributed by atoms with Gasteiger partial charge in [0.1, 0.15) is 5.82 Å². The van der Waals surface area contributed by atoms with Crippen LogP contribution in [0.4, 0.5) is 0 Å². The van der Waals surface area contributed by atoms with Crippen LogP contribution < -0.4 is 5.32 Å². The molecule has 17 heavy (non-hydrogen) atoms. The standard InChI is InChI=1S/C12H21N3O2/c1-10-11(8-13-2)9-14-12(15-10)4-5-17-7-6-16-3/h9,13H,4-8H2,1-3H3. The maximum absolute atomic E-state index is 5.38. The third-order valence-corrected chi connectivity index (χ3v) is 2.40. The molecule has 1 heterocycles. The van der Waals surface area contributed by atoms with Crippen LogP contribution in [0.2, 0.25) is 0 Å². The number of hydrogen-bond acceptors (Lipinski definition) is 5. The highest BCUT2D eigenvalue weighted by Crippen LogP contribution is 2.04. The molecular formula is C12H21N3O2. The van der Waals surface area contributed by atoms with Crippen LogP contribution in [-0.4, -0.2) is 43.9 Å². The summed E-state index contributed by atoms with van der Waals surface area (Å²) >= 11 is 0. The molecule has 0 bridgehead atoms. The van der Waals surface area contributed by atoms with Crippen molar-refractivity contribution in [2.45, 2.75) is 19.9 Å². The van der Waals surface area contributed by atoms with Gasteiger partial charge < -0.3 is 14.8 Å². The van der Waals surface area contributed by atoms with Gasteiger partial charge in [-0.25, -0.2) is 9.97 Å². The number of ether oxygens (including phenoxy) is 2. The molecule has 96 valence electrons. The number of nitrogens with one attached hydrogen (secondary N) is 1. The number of rotatable bonds is 8. The Hall–Kier alpha value is -1.04. The summed E-state index contributed by atoms with van der Waals surface area (Å²) in [5, 5.41) is 3.09. The molecule has 1 rings (SSSR count). The zero-order valence-corrected chi connectivity index (χ0v) is 10.8. The molecule has 0 saturated carbocycles. The van der Waals surface area contributed by atoms with Crippen molar-refractivity contribution >= 4 is 0 Å². The predicted molar refractivity (Wildman–Crippen MR) is 65.9 cm³/mol. The van der Waals surface area contributed by atoms with Gasteiger partial charge in [-0.05, 0) is 14.0 Å². The van der Waals surface area contributed by atoms with Gasteiger partial charge in [0.25, 0.3) is 0 Å². The average Bonchev–Trinajstić information content (AvgIpc) is 2.32. The van der Waals surface area contributed by atoms with Crippen LogP contribution in [0.5, 0.6) is 0 Å². The van der Waals surface area contributed by atoms with Crippen molar-refractivity contribution in [2.75, 3.05) is 34.0 Å². The predicted octanol–water partition coefficient (Wildman–Crippen LogP) is 0.710. The topological polar surface area (TPSA) is 56.3 Å². The molecule has 0 fully saturated rings. The molecule has 5 nitrogen and oxygen atoms in total. The molecular weight excluding hydrogens is 218 g/mol. The van der Waals surface area contributed by atoms with Crippen LogP contribution in [0.1, 0.15) is 17.1 Å². The van der Waals surface area contributed by atoms with Crippen molar-refractivity contribution in [1.29, 1.82) is 0 Å². The fourth-order valence-corrected chi connectivity index (χ4v) is 1.43. The van der Waals surface area contributed by atoms with Gasteiger partial charge in [0.2, 0.25) is 0 Å². The second kappa shape index (κ2) is 8.11. The Labute approximate surface area is 103 Å². The van der Waals surface area contributed by atoms with Crippen LogP contribution in [0.25, 0.3) is 0 Å². The Morgan fingerprint density at radius 1 is 1.29 bits per heavy atom. The monoisotopic (exact) mass is 239 g/mol. The lowest BCUT2D eigenvalue weighted by Crippen LogP contribution is -2.11. The van der Waals surface area contributed by atoms with Gasteiger partial charge in [0.15, 0.2) is 0 Å². The molecule has 0 atom stereocenters. The second-order valence-corrected chi connectivity index (χ2v) is 3.78. The highest BCUT2D eigenvalue weighted by Gasteiger charge is 2.02. The molecule has 0 amide bonds. The lowest BCUT2D eigenvalue weighted by molar-refractivity contribution is 0.0716. The minimum absolute atomic E-state index is 0.618. The van der Waals surface area contributed by atoms with Crippen molar-refractivity contribution in [2.24, 2.45) is 0 Å². The Morgan fingerprint density at radius 3 is 2.76 bits per heavy atom. The summed E-state index contributed by atoms with van der Waals surface area (Å²) in [5.74, 6) is 0.833. The number of nitrogens with zero attached hydrogens (tertiary/aromatic N) is 2. The van der Waals surface area contributed by atoms with E-state index in [1.807, 2.05) is 20.2 Å². The van der Waals surface area contributed by atoms with E-state index in [4.69, 9.17) is 9.47 Å². The van der Waals surface area contributed by atoms with Crippen molar-refractivity contribution in [3.8, 4) is 0 Å². The van der Waals surface area contributed by atoms with E-state index in [1.54, 1.807) is 7.11 Å².